The lowest BCUT2D eigenvalue weighted by Crippen LogP contribution is -2.17. The number of hydrogen-bond acceptors (Lipinski definition) is 7. The third-order valence-corrected chi connectivity index (χ3v) is 2.83. The van der Waals surface area contributed by atoms with E-state index in [4.69, 9.17) is 10.5 Å². The molecule has 0 fully saturated rings. The van der Waals surface area contributed by atoms with E-state index in [0.717, 1.165) is 5.69 Å². The van der Waals surface area contributed by atoms with Crippen LogP contribution >= 0.6 is 0 Å². The van der Waals surface area contributed by atoms with Crippen LogP contribution in [0, 0.1) is 5.92 Å². The summed E-state index contributed by atoms with van der Waals surface area (Å²) in [7, 11) is 0. The summed E-state index contributed by atoms with van der Waals surface area (Å²) in [5, 5.41) is 3.03. The van der Waals surface area contributed by atoms with Crippen molar-refractivity contribution in [1.29, 1.82) is 0 Å². The minimum absolute atomic E-state index is 0.0656. The Morgan fingerprint density at radius 3 is 2.45 bits per heavy atom. The summed E-state index contributed by atoms with van der Waals surface area (Å²) in [5.74, 6) is 0.143. The minimum atomic E-state index is -0.600. The highest BCUT2D eigenvalue weighted by Gasteiger charge is 2.18. The van der Waals surface area contributed by atoms with Gasteiger partial charge in [-0.1, -0.05) is 32.0 Å². The van der Waals surface area contributed by atoms with Gasteiger partial charge in [0.25, 0.3) is 0 Å². The Morgan fingerprint density at radius 1 is 1.14 bits per heavy atom. The first-order valence-electron chi connectivity index (χ1n) is 6.99. The Kier molecular flexibility index (Phi) is 4.88. The Bertz CT molecular complexity index is 646. The molecular weight excluding hydrogens is 282 g/mol. The molecule has 0 saturated heterocycles. The minimum Gasteiger partial charge on any atom is -0.454 e. The van der Waals surface area contributed by atoms with Gasteiger partial charge >= 0.3 is 5.97 Å². The quantitative estimate of drug-likeness (QED) is 0.817. The molecule has 1 unspecified atom stereocenters. The lowest BCUT2D eigenvalue weighted by molar-refractivity contribution is -0.152. The van der Waals surface area contributed by atoms with Crippen LogP contribution in [0.25, 0.3) is 0 Å². The van der Waals surface area contributed by atoms with E-state index in [1.54, 1.807) is 20.8 Å². The predicted octanol–water partition coefficient (Wildman–Crippen LogP) is 2.46. The summed E-state index contributed by atoms with van der Waals surface area (Å²) in [5.41, 5.74) is 6.52. The van der Waals surface area contributed by atoms with E-state index >= 15 is 0 Å². The van der Waals surface area contributed by atoms with Gasteiger partial charge in [0.1, 0.15) is 0 Å². The summed E-state index contributed by atoms with van der Waals surface area (Å²) in [6.07, 6.45) is -0.600. The number of ether oxygens (including phenoxy) is 1. The van der Waals surface area contributed by atoms with Crippen molar-refractivity contribution in [3.63, 3.8) is 0 Å². The zero-order chi connectivity index (χ0) is 16.1. The number of anilines is 3. The number of nitrogens with one attached hydrogen (secondary N) is 1. The molecule has 0 bridgehead atoms. The molecule has 2 rings (SSSR count). The molecule has 22 heavy (non-hydrogen) atoms. The number of nitrogen functional groups attached to an aromatic ring is 1. The zero-order valence-electron chi connectivity index (χ0n) is 12.8. The Hall–Kier alpha value is -2.70. The molecule has 1 aromatic carbocycles. The van der Waals surface area contributed by atoms with E-state index in [1.807, 2.05) is 30.3 Å². The molecule has 1 atom stereocenters. The van der Waals surface area contributed by atoms with Crippen LogP contribution in [0.2, 0.25) is 0 Å². The van der Waals surface area contributed by atoms with E-state index in [9.17, 15) is 4.79 Å². The first-order chi connectivity index (χ1) is 10.5. The molecule has 116 valence electrons. The maximum absolute atomic E-state index is 11.6. The molecule has 0 aliphatic carbocycles. The van der Waals surface area contributed by atoms with Gasteiger partial charge in [0.05, 0.1) is 5.92 Å². The molecule has 0 spiro atoms. The van der Waals surface area contributed by atoms with Gasteiger partial charge in [-0.2, -0.15) is 15.0 Å². The van der Waals surface area contributed by atoms with Crippen LogP contribution in [0.4, 0.5) is 17.6 Å². The second-order valence-corrected chi connectivity index (χ2v) is 5.10. The van der Waals surface area contributed by atoms with E-state index in [1.165, 1.54) is 0 Å². The number of nitrogens with zero attached hydrogens (tertiary/aromatic N) is 3. The summed E-state index contributed by atoms with van der Waals surface area (Å²) >= 11 is 0. The maximum atomic E-state index is 11.6. The van der Waals surface area contributed by atoms with Gasteiger partial charge in [-0.15, -0.1) is 0 Å². The van der Waals surface area contributed by atoms with Crippen molar-refractivity contribution in [2.75, 3.05) is 11.1 Å². The van der Waals surface area contributed by atoms with Gasteiger partial charge in [0.2, 0.25) is 11.9 Å². The summed E-state index contributed by atoms with van der Waals surface area (Å²) in [6, 6.07) is 9.44. The highest BCUT2D eigenvalue weighted by Crippen LogP contribution is 2.18. The highest BCUT2D eigenvalue weighted by atomic mass is 16.5. The van der Waals surface area contributed by atoms with Crippen molar-refractivity contribution in [1.82, 2.24) is 15.0 Å². The summed E-state index contributed by atoms with van der Waals surface area (Å²) in [6.45, 7) is 5.22. The topological polar surface area (TPSA) is 103 Å². The van der Waals surface area contributed by atoms with Crippen molar-refractivity contribution in [2.24, 2.45) is 5.92 Å². The number of esters is 1. The van der Waals surface area contributed by atoms with Crippen molar-refractivity contribution < 1.29 is 9.53 Å². The lowest BCUT2D eigenvalue weighted by Gasteiger charge is -2.14. The molecule has 0 aliphatic heterocycles. The van der Waals surface area contributed by atoms with Crippen molar-refractivity contribution in [2.45, 2.75) is 26.9 Å². The molecule has 3 N–H and O–H groups in total. The van der Waals surface area contributed by atoms with Gasteiger partial charge in [0.15, 0.2) is 11.9 Å². The van der Waals surface area contributed by atoms with Gasteiger partial charge < -0.3 is 15.8 Å². The second-order valence-electron chi connectivity index (χ2n) is 5.10. The Balaban J connectivity index is 2.17. The predicted molar refractivity (Wildman–Crippen MR) is 83.3 cm³/mol. The molecule has 7 heteroatoms. The van der Waals surface area contributed by atoms with Gasteiger partial charge in [-0.05, 0) is 19.1 Å². The van der Waals surface area contributed by atoms with Crippen LogP contribution in [0.1, 0.15) is 32.7 Å². The van der Waals surface area contributed by atoms with Crippen LogP contribution in [-0.4, -0.2) is 20.9 Å². The number of carbonyl (C=O) groups is 1. The Morgan fingerprint density at radius 2 is 1.82 bits per heavy atom. The number of benzene rings is 1. The van der Waals surface area contributed by atoms with Crippen LogP contribution in [-0.2, 0) is 9.53 Å². The summed E-state index contributed by atoms with van der Waals surface area (Å²) in [4.78, 5) is 24.0. The third kappa shape index (κ3) is 4.15. The molecule has 0 radical (unpaired) electrons. The molecule has 0 saturated carbocycles. The maximum Gasteiger partial charge on any atom is 0.309 e. The second kappa shape index (κ2) is 6.84. The van der Waals surface area contributed by atoms with Crippen molar-refractivity contribution >= 4 is 23.6 Å². The molecule has 0 aliphatic rings. The first-order valence-corrected chi connectivity index (χ1v) is 6.99. The first kappa shape index (κ1) is 15.7. The van der Waals surface area contributed by atoms with E-state index in [-0.39, 0.29) is 17.8 Å². The number of para-hydroxylation sites is 1. The lowest BCUT2D eigenvalue weighted by atomic mass is 10.2. The zero-order valence-corrected chi connectivity index (χ0v) is 12.8. The van der Waals surface area contributed by atoms with Gasteiger partial charge in [-0.3, -0.25) is 4.79 Å². The van der Waals surface area contributed by atoms with Crippen LogP contribution < -0.4 is 11.1 Å². The molecule has 2 aromatic rings. The number of hydrogen-bond donors (Lipinski definition) is 2. The largest absolute Gasteiger partial charge is 0.454 e. The van der Waals surface area contributed by atoms with E-state index < -0.39 is 6.10 Å². The Labute approximate surface area is 129 Å². The number of nitrogens with two attached hydrogens (primary N) is 1. The van der Waals surface area contributed by atoms with Crippen LogP contribution in [0.15, 0.2) is 30.3 Å². The fourth-order valence-corrected chi connectivity index (χ4v) is 1.66. The molecule has 1 heterocycles. The van der Waals surface area contributed by atoms with E-state index in [2.05, 4.69) is 20.3 Å². The van der Waals surface area contributed by atoms with Crippen molar-refractivity contribution in [3.05, 3.63) is 36.2 Å². The number of rotatable bonds is 5. The SMILES string of the molecule is CC(C)C(=O)OC(C)c1nc(N)nc(Nc2ccccc2)n1. The average molecular weight is 301 g/mol. The third-order valence-electron chi connectivity index (χ3n) is 2.83. The molecule has 7 nitrogen and oxygen atoms in total. The van der Waals surface area contributed by atoms with Crippen LogP contribution in [0.3, 0.4) is 0 Å². The van der Waals surface area contributed by atoms with Gasteiger partial charge in [-0.25, -0.2) is 0 Å². The average Bonchev–Trinajstić information content (AvgIpc) is 2.47. The van der Waals surface area contributed by atoms with E-state index in [0.29, 0.717) is 11.8 Å². The smallest absolute Gasteiger partial charge is 0.309 e. The normalized spacial score (nSPS) is 12.0. The molecular formula is C15H19N5O2. The fourth-order valence-electron chi connectivity index (χ4n) is 1.66. The number of aromatic nitrogens is 3. The molecule has 0 amide bonds. The molecule has 1 aromatic heterocycles. The number of carbonyl (C=O) groups excluding carboxylic acids is 1. The standard InChI is InChI=1S/C15H19N5O2/c1-9(2)13(21)22-10(3)12-18-14(16)20-15(19-12)17-11-7-5-4-6-8-11/h4-10H,1-3H3,(H3,16,17,18,19,20). The van der Waals surface area contributed by atoms with Crippen LogP contribution in [0.5, 0.6) is 0 Å². The highest BCUT2D eigenvalue weighted by molar-refractivity contribution is 5.71. The van der Waals surface area contributed by atoms with Gasteiger partial charge in [0, 0.05) is 5.69 Å². The monoisotopic (exact) mass is 301 g/mol. The fraction of sp³-hybridized carbons (Fsp3) is 0.333. The van der Waals surface area contributed by atoms with Crippen molar-refractivity contribution in [3.8, 4) is 0 Å². The summed E-state index contributed by atoms with van der Waals surface area (Å²) < 4.78 is 5.28.